The van der Waals surface area contributed by atoms with Crippen molar-refractivity contribution >= 4 is 23.2 Å². The molecular weight excluding hydrogens is 307 g/mol. The normalized spacial score (nSPS) is 17.6. The second-order valence-electron chi connectivity index (χ2n) is 5.34. The number of nitro groups is 1. The minimum absolute atomic E-state index is 0.270. The molecule has 2 amide bonds. The van der Waals surface area contributed by atoms with Gasteiger partial charge in [-0.05, 0) is 25.7 Å². The van der Waals surface area contributed by atoms with Crippen LogP contribution in [-0.4, -0.2) is 23.8 Å². The van der Waals surface area contributed by atoms with Crippen molar-refractivity contribution in [3.05, 3.63) is 39.2 Å². The van der Waals surface area contributed by atoms with Crippen LogP contribution in [0.5, 0.6) is 5.75 Å². The Kier molecular flexibility index (Phi) is 3.59. The smallest absolute Gasteiger partial charge is 0.313 e. The van der Waals surface area contributed by atoms with Gasteiger partial charge in [0.2, 0.25) is 0 Å². The Labute approximate surface area is 130 Å². The van der Waals surface area contributed by atoms with Gasteiger partial charge in [-0.25, -0.2) is 9.29 Å². The second kappa shape index (κ2) is 5.45. The molecule has 0 bridgehead atoms. The standard InChI is InChI=1S/C15H13FN2O5/c1-23-13-6-10(16)11(7-12(13)18(21)22)17-14(19)8-4-2-3-5-9(8)15(17)20/h6-7H,2-5H2,1H3. The summed E-state index contributed by atoms with van der Waals surface area (Å²) in [5, 5.41) is 11.1. The van der Waals surface area contributed by atoms with E-state index in [-0.39, 0.29) is 5.75 Å². The first kappa shape index (κ1) is 15.1. The number of benzene rings is 1. The second-order valence-corrected chi connectivity index (χ2v) is 5.34. The summed E-state index contributed by atoms with van der Waals surface area (Å²) in [4.78, 5) is 35.9. The van der Waals surface area contributed by atoms with Gasteiger partial charge in [-0.2, -0.15) is 0 Å². The molecule has 0 saturated carbocycles. The van der Waals surface area contributed by atoms with Crippen LogP contribution in [0.2, 0.25) is 0 Å². The maximum Gasteiger partial charge on any atom is 0.313 e. The molecule has 0 N–H and O–H groups in total. The summed E-state index contributed by atoms with van der Waals surface area (Å²) in [6.45, 7) is 0. The summed E-state index contributed by atoms with van der Waals surface area (Å²) >= 11 is 0. The molecule has 0 aromatic heterocycles. The Hall–Kier alpha value is -2.77. The highest BCUT2D eigenvalue weighted by Crippen LogP contribution is 2.40. The van der Waals surface area contributed by atoms with Crippen LogP contribution in [0.4, 0.5) is 15.8 Å². The number of carbonyl (C=O) groups is 2. The van der Waals surface area contributed by atoms with Crippen LogP contribution in [0.1, 0.15) is 25.7 Å². The molecule has 0 atom stereocenters. The third-order valence-electron chi connectivity index (χ3n) is 4.08. The number of ether oxygens (including phenoxy) is 1. The molecule has 120 valence electrons. The van der Waals surface area contributed by atoms with E-state index in [4.69, 9.17) is 4.74 Å². The Balaban J connectivity index is 2.09. The highest BCUT2D eigenvalue weighted by molar-refractivity contribution is 6.33. The van der Waals surface area contributed by atoms with Gasteiger partial charge in [0.15, 0.2) is 11.6 Å². The highest BCUT2D eigenvalue weighted by Gasteiger charge is 2.41. The molecule has 8 heteroatoms. The van der Waals surface area contributed by atoms with Gasteiger partial charge in [0.05, 0.1) is 17.7 Å². The number of nitrogens with zero attached hydrogens (tertiary/aromatic N) is 2. The first-order chi connectivity index (χ1) is 11.0. The highest BCUT2D eigenvalue weighted by atomic mass is 19.1. The van der Waals surface area contributed by atoms with Gasteiger partial charge >= 0.3 is 5.69 Å². The molecule has 1 aliphatic heterocycles. The number of halogens is 1. The summed E-state index contributed by atoms with van der Waals surface area (Å²) in [6.07, 6.45) is 2.51. The molecule has 2 aliphatic rings. The molecule has 1 heterocycles. The summed E-state index contributed by atoms with van der Waals surface area (Å²) in [5.74, 6) is -2.38. The lowest BCUT2D eigenvalue weighted by atomic mass is 9.93. The van der Waals surface area contributed by atoms with Crippen LogP contribution >= 0.6 is 0 Å². The number of methoxy groups -OCH3 is 1. The van der Waals surface area contributed by atoms with Crippen LogP contribution in [-0.2, 0) is 9.59 Å². The third-order valence-corrected chi connectivity index (χ3v) is 4.08. The van der Waals surface area contributed by atoms with Crippen molar-refractivity contribution in [2.75, 3.05) is 12.0 Å². The van der Waals surface area contributed by atoms with E-state index in [1.165, 1.54) is 7.11 Å². The van der Waals surface area contributed by atoms with E-state index >= 15 is 0 Å². The summed E-state index contributed by atoms with van der Waals surface area (Å²) in [5.41, 5.74) is -0.144. The fourth-order valence-electron chi connectivity index (χ4n) is 2.97. The number of carbonyl (C=O) groups excluding carboxylic acids is 2. The maximum absolute atomic E-state index is 14.3. The molecule has 1 aromatic carbocycles. The van der Waals surface area contributed by atoms with Gasteiger partial charge in [0, 0.05) is 23.3 Å². The van der Waals surface area contributed by atoms with Gasteiger partial charge in [-0.1, -0.05) is 0 Å². The minimum atomic E-state index is -0.922. The monoisotopic (exact) mass is 320 g/mol. The van der Waals surface area contributed by atoms with E-state index < -0.39 is 33.9 Å². The van der Waals surface area contributed by atoms with Gasteiger partial charge < -0.3 is 4.74 Å². The summed E-state index contributed by atoms with van der Waals surface area (Å²) in [7, 11) is 1.17. The number of rotatable bonds is 3. The number of hydrogen-bond donors (Lipinski definition) is 0. The average Bonchev–Trinajstić information content (AvgIpc) is 2.79. The predicted molar refractivity (Wildman–Crippen MR) is 77.6 cm³/mol. The van der Waals surface area contributed by atoms with Gasteiger partial charge in [-0.15, -0.1) is 0 Å². The zero-order valence-electron chi connectivity index (χ0n) is 12.3. The summed E-state index contributed by atoms with van der Waals surface area (Å²) in [6, 6.07) is 1.67. The largest absolute Gasteiger partial charge is 0.490 e. The zero-order valence-corrected chi connectivity index (χ0v) is 12.3. The quantitative estimate of drug-likeness (QED) is 0.485. The van der Waals surface area contributed by atoms with E-state index in [1.54, 1.807) is 0 Å². The van der Waals surface area contributed by atoms with Crippen molar-refractivity contribution in [1.82, 2.24) is 0 Å². The molecule has 0 radical (unpaired) electrons. The molecule has 23 heavy (non-hydrogen) atoms. The van der Waals surface area contributed by atoms with Crippen molar-refractivity contribution < 1.29 is 23.6 Å². The first-order valence-corrected chi connectivity index (χ1v) is 7.08. The van der Waals surface area contributed by atoms with Gasteiger partial charge in [0.25, 0.3) is 11.8 Å². The zero-order chi connectivity index (χ0) is 16.7. The van der Waals surface area contributed by atoms with E-state index in [1.807, 2.05) is 0 Å². The molecule has 1 aromatic rings. The van der Waals surface area contributed by atoms with Crippen LogP contribution in [0, 0.1) is 15.9 Å². The topological polar surface area (TPSA) is 89.8 Å². The number of amides is 2. The molecule has 0 unspecified atom stereocenters. The van der Waals surface area contributed by atoms with E-state index in [0.29, 0.717) is 28.9 Å². The van der Waals surface area contributed by atoms with Crippen molar-refractivity contribution in [3.8, 4) is 5.75 Å². The Bertz CT molecular complexity index is 743. The molecule has 0 spiro atoms. The van der Waals surface area contributed by atoms with E-state index in [0.717, 1.165) is 25.0 Å². The Morgan fingerprint density at radius 3 is 2.22 bits per heavy atom. The van der Waals surface area contributed by atoms with Crippen molar-refractivity contribution in [2.45, 2.75) is 25.7 Å². The van der Waals surface area contributed by atoms with Crippen LogP contribution in [0.15, 0.2) is 23.3 Å². The van der Waals surface area contributed by atoms with Crippen molar-refractivity contribution in [3.63, 3.8) is 0 Å². The van der Waals surface area contributed by atoms with Crippen LogP contribution < -0.4 is 9.64 Å². The number of anilines is 1. The minimum Gasteiger partial charge on any atom is -0.490 e. The predicted octanol–water partition coefficient (Wildman–Crippen LogP) is 2.49. The Morgan fingerprint density at radius 1 is 1.17 bits per heavy atom. The maximum atomic E-state index is 14.3. The van der Waals surface area contributed by atoms with E-state index in [9.17, 15) is 24.1 Å². The van der Waals surface area contributed by atoms with Gasteiger partial charge in [0.1, 0.15) is 0 Å². The Morgan fingerprint density at radius 2 is 1.74 bits per heavy atom. The third kappa shape index (κ3) is 2.26. The molecule has 7 nitrogen and oxygen atoms in total. The average molecular weight is 320 g/mol. The number of nitro benzene ring substituents is 1. The lowest BCUT2D eigenvalue weighted by molar-refractivity contribution is -0.385. The lowest BCUT2D eigenvalue weighted by Crippen LogP contribution is -2.32. The van der Waals surface area contributed by atoms with Crippen molar-refractivity contribution in [2.24, 2.45) is 0 Å². The summed E-state index contributed by atoms with van der Waals surface area (Å²) < 4.78 is 19.1. The molecule has 3 rings (SSSR count). The van der Waals surface area contributed by atoms with Crippen LogP contribution in [0.3, 0.4) is 0 Å². The first-order valence-electron chi connectivity index (χ1n) is 7.08. The molecule has 1 aliphatic carbocycles. The molecular formula is C15H13FN2O5. The van der Waals surface area contributed by atoms with Crippen LogP contribution in [0.25, 0.3) is 0 Å². The molecule has 0 saturated heterocycles. The fourth-order valence-corrected chi connectivity index (χ4v) is 2.97. The van der Waals surface area contributed by atoms with Gasteiger partial charge in [-0.3, -0.25) is 19.7 Å². The number of imide groups is 1. The van der Waals surface area contributed by atoms with E-state index in [2.05, 4.69) is 0 Å². The lowest BCUT2D eigenvalue weighted by Gasteiger charge is -2.16. The molecule has 0 fully saturated rings. The van der Waals surface area contributed by atoms with Crippen molar-refractivity contribution in [1.29, 1.82) is 0 Å². The SMILES string of the molecule is COc1cc(F)c(N2C(=O)C3=C(CCCC3)C2=O)cc1[N+](=O)[O-]. The number of hydrogen-bond acceptors (Lipinski definition) is 5. The fraction of sp³-hybridized carbons (Fsp3) is 0.333.